The Morgan fingerprint density at radius 1 is 1.25 bits per heavy atom. The molecule has 3 aromatic rings. The molecule has 0 N–H and O–H groups in total. The number of thiophene rings is 1. The Labute approximate surface area is 201 Å². The fourth-order valence-corrected chi connectivity index (χ4v) is 7.91. The highest BCUT2D eigenvalue weighted by Crippen LogP contribution is 2.35. The predicted molar refractivity (Wildman–Crippen MR) is 131 cm³/mol. The van der Waals surface area contributed by atoms with E-state index in [1.54, 1.807) is 28.5 Å². The van der Waals surface area contributed by atoms with Crippen LogP contribution in [0.3, 0.4) is 0 Å². The minimum absolute atomic E-state index is 0.225. The number of halogens is 1. The molecule has 1 unspecified atom stereocenters. The van der Waals surface area contributed by atoms with E-state index in [1.165, 1.54) is 27.0 Å². The second-order valence-corrected chi connectivity index (χ2v) is 12.4. The molecule has 0 bridgehead atoms. The Hall–Kier alpha value is -1.56. The van der Waals surface area contributed by atoms with Crippen molar-refractivity contribution < 1.29 is 13.2 Å². The molecule has 1 amide bonds. The van der Waals surface area contributed by atoms with Gasteiger partial charge in [0.05, 0.1) is 9.72 Å². The molecule has 1 saturated heterocycles. The number of thiazole rings is 1. The number of amides is 1. The van der Waals surface area contributed by atoms with Crippen LogP contribution in [-0.2, 0) is 14.8 Å². The first-order valence-corrected chi connectivity index (χ1v) is 13.9. The Morgan fingerprint density at radius 3 is 2.75 bits per heavy atom. The topological polar surface area (TPSA) is 73.8 Å². The van der Waals surface area contributed by atoms with Gasteiger partial charge in [0.25, 0.3) is 10.0 Å². The van der Waals surface area contributed by atoms with E-state index in [9.17, 15) is 13.2 Å². The first-order valence-electron chi connectivity index (χ1n) is 10.4. The number of nitrogens with zero attached hydrogens (tertiary/aromatic N) is 4. The lowest BCUT2D eigenvalue weighted by molar-refractivity contribution is -0.121. The predicted octanol–water partition coefficient (Wildman–Crippen LogP) is 4.15. The minimum atomic E-state index is -3.71. The number of anilines is 1. The van der Waals surface area contributed by atoms with E-state index in [4.69, 9.17) is 11.6 Å². The monoisotopic (exact) mass is 512 g/mol. The number of sulfonamides is 1. The highest BCUT2D eigenvalue weighted by Gasteiger charge is 2.42. The Morgan fingerprint density at radius 2 is 2.06 bits per heavy atom. The molecule has 1 atom stereocenters. The number of fused-ring (bicyclic) bond motifs is 1. The van der Waals surface area contributed by atoms with Crippen molar-refractivity contribution in [3.8, 4) is 0 Å². The van der Waals surface area contributed by atoms with Crippen LogP contribution in [-0.4, -0.2) is 68.3 Å². The molecule has 1 aliphatic heterocycles. The average Bonchev–Trinajstić information content (AvgIpc) is 3.51. The van der Waals surface area contributed by atoms with E-state index < -0.39 is 16.1 Å². The van der Waals surface area contributed by atoms with Crippen LogP contribution in [0, 0.1) is 0 Å². The number of hydrogen-bond donors (Lipinski definition) is 0. The average molecular weight is 513 g/mol. The lowest BCUT2D eigenvalue weighted by atomic mass is 10.2. The zero-order valence-corrected chi connectivity index (χ0v) is 21.1. The molecular formula is C21H25ClN4O3S3. The van der Waals surface area contributed by atoms with Gasteiger partial charge in [0, 0.05) is 13.1 Å². The molecule has 172 valence electrons. The fraction of sp³-hybridized carbons (Fsp3) is 0.429. The second kappa shape index (κ2) is 9.74. The van der Waals surface area contributed by atoms with Gasteiger partial charge in [-0.3, -0.25) is 9.69 Å². The number of benzene rings is 1. The summed E-state index contributed by atoms with van der Waals surface area (Å²) in [6, 6.07) is 8.12. The van der Waals surface area contributed by atoms with Crippen molar-refractivity contribution in [3.63, 3.8) is 0 Å². The summed E-state index contributed by atoms with van der Waals surface area (Å²) in [5, 5.41) is 2.82. The van der Waals surface area contributed by atoms with Gasteiger partial charge >= 0.3 is 0 Å². The van der Waals surface area contributed by atoms with Crippen molar-refractivity contribution in [2.45, 2.75) is 29.5 Å². The summed E-state index contributed by atoms with van der Waals surface area (Å²) in [5.74, 6) is -0.225. The first-order chi connectivity index (χ1) is 15.3. The standard InChI is InChI=1S/C21H25ClN4O3S3/c1-24(2)11-6-12-25(21-23-19-15(22)7-3-9-17(19)31-21)20(27)16-8-4-13-26(16)32(28,29)18-10-5-14-30-18/h3,5,7,9-10,14,16H,4,6,8,11-13H2,1-2H3. The molecule has 0 spiro atoms. The van der Waals surface area contributed by atoms with Crippen molar-refractivity contribution in [2.24, 2.45) is 0 Å². The van der Waals surface area contributed by atoms with Crippen LogP contribution in [0.4, 0.5) is 5.13 Å². The molecule has 0 saturated carbocycles. The van der Waals surface area contributed by atoms with Crippen LogP contribution in [0.2, 0.25) is 5.02 Å². The SMILES string of the molecule is CN(C)CCCN(C(=O)C1CCCN1S(=O)(=O)c1cccs1)c1nc2c(Cl)cccc2s1. The van der Waals surface area contributed by atoms with Crippen LogP contribution in [0.15, 0.2) is 39.9 Å². The largest absolute Gasteiger partial charge is 0.309 e. The van der Waals surface area contributed by atoms with E-state index in [-0.39, 0.29) is 10.1 Å². The zero-order chi connectivity index (χ0) is 22.9. The van der Waals surface area contributed by atoms with Crippen LogP contribution in [0.25, 0.3) is 10.2 Å². The van der Waals surface area contributed by atoms with Gasteiger partial charge in [-0.1, -0.05) is 35.1 Å². The second-order valence-electron chi connectivity index (χ2n) is 7.94. The van der Waals surface area contributed by atoms with Gasteiger partial charge < -0.3 is 4.90 Å². The molecule has 0 radical (unpaired) electrons. The number of aromatic nitrogens is 1. The normalized spacial score (nSPS) is 17.4. The molecule has 4 rings (SSSR count). The number of para-hydroxylation sites is 1. The van der Waals surface area contributed by atoms with Crippen LogP contribution in [0.1, 0.15) is 19.3 Å². The zero-order valence-electron chi connectivity index (χ0n) is 17.9. The Kier molecular flexibility index (Phi) is 7.18. The highest BCUT2D eigenvalue weighted by atomic mass is 35.5. The van der Waals surface area contributed by atoms with Gasteiger partial charge in [0.2, 0.25) is 5.91 Å². The van der Waals surface area contributed by atoms with Gasteiger partial charge in [-0.2, -0.15) is 4.31 Å². The van der Waals surface area contributed by atoms with Crippen molar-refractivity contribution >= 4 is 65.6 Å². The maximum atomic E-state index is 13.8. The molecule has 11 heteroatoms. The smallest absolute Gasteiger partial charge is 0.253 e. The number of carbonyl (C=O) groups is 1. The number of carbonyl (C=O) groups excluding carboxylic acids is 1. The third-order valence-electron chi connectivity index (χ3n) is 5.39. The fourth-order valence-electron chi connectivity index (χ4n) is 3.84. The summed E-state index contributed by atoms with van der Waals surface area (Å²) in [4.78, 5) is 22.1. The van der Waals surface area contributed by atoms with Gasteiger partial charge in [0.1, 0.15) is 15.8 Å². The summed E-state index contributed by atoms with van der Waals surface area (Å²) >= 11 is 8.89. The van der Waals surface area contributed by atoms with E-state index >= 15 is 0 Å². The quantitative estimate of drug-likeness (QED) is 0.453. The molecule has 1 aliphatic rings. The van der Waals surface area contributed by atoms with E-state index in [0.29, 0.717) is 41.6 Å². The van der Waals surface area contributed by atoms with E-state index in [2.05, 4.69) is 9.88 Å². The van der Waals surface area contributed by atoms with Gasteiger partial charge in [-0.05, 0) is 63.5 Å². The Bertz CT molecular complexity index is 1190. The number of rotatable bonds is 8. The molecule has 7 nitrogen and oxygen atoms in total. The molecule has 2 aromatic heterocycles. The van der Waals surface area contributed by atoms with E-state index in [0.717, 1.165) is 17.7 Å². The molecular weight excluding hydrogens is 488 g/mol. The third-order valence-corrected chi connectivity index (χ3v) is 10.0. The van der Waals surface area contributed by atoms with Crippen molar-refractivity contribution in [2.75, 3.05) is 38.6 Å². The summed E-state index contributed by atoms with van der Waals surface area (Å²) in [6.07, 6.45) is 1.89. The lowest BCUT2D eigenvalue weighted by Crippen LogP contribution is -2.48. The van der Waals surface area contributed by atoms with Gasteiger partial charge in [0.15, 0.2) is 5.13 Å². The van der Waals surface area contributed by atoms with Gasteiger partial charge in [-0.25, -0.2) is 13.4 Å². The summed E-state index contributed by atoms with van der Waals surface area (Å²) in [5.41, 5.74) is 0.661. The maximum absolute atomic E-state index is 13.8. The minimum Gasteiger partial charge on any atom is -0.309 e. The van der Waals surface area contributed by atoms with E-state index in [1.807, 2.05) is 26.2 Å². The lowest BCUT2D eigenvalue weighted by Gasteiger charge is -2.28. The highest BCUT2D eigenvalue weighted by molar-refractivity contribution is 7.91. The molecule has 3 heterocycles. The number of hydrogen-bond acceptors (Lipinski definition) is 7. The van der Waals surface area contributed by atoms with Gasteiger partial charge in [-0.15, -0.1) is 11.3 Å². The Balaban J connectivity index is 1.66. The third kappa shape index (κ3) is 4.71. The van der Waals surface area contributed by atoms with Crippen LogP contribution < -0.4 is 4.90 Å². The summed E-state index contributed by atoms with van der Waals surface area (Å²) < 4.78 is 28.9. The summed E-state index contributed by atoms with van der Waals surface area (Å²) in [7, 11) is 0.252. The molecule has 1 fully saturated rings. The van der Waals surface area contributed by atoms with Crippen molar-refractivity contribution in [1.29, 1.82) is 0 Å². The van der Waals surface area contributed by atoms with Crippen molar-refractivity contribution in [3.05, 3.63) is 40.7 Å². The van der Waals surface area contributed by atoms with Crippen LogP contribution >= 0.6 is 34.3 Å². The molecule has 32 heavy (non-hydrogen) atoms. The maximum Gasteiger partial charge on any atom is 0.253 e. The summed E-state index contributed by atoms with van der Waals surface area (Å²) in [6.45, 7) is 1.60. The molecule has 0 aliphatic carbocycles. The van der Waals surface area contributed by atoms with Crippen LogP contribution in [0.5, 0.6) is 0 Å². The molecule has 1 aromatic carbocycles. The van der Waals surface area contributed by atoms with Crippen molar-refractivity contribution in [1.82, 2.24) is 14.2 Å². The first kappa shape index (κ1) is 23.6.